The van der Waals surface area contributed by atoms with E-state index in [0.717, 1.165) is 20.6 Å². The highest BCUT2D eigenvalue weighted by Gasteiger charge is 2.05. The van der Waals surface area contributed by atoms with Gasteiger partial charge in [-0.25, -0.2) is 0 Å². The lowest BCUT2D eigenvalue weighted by Crippen LogP contribution is -1.95. The van der Waals surface area contributed by atoms with E-state index in [2.05, 4.69) is 42.6 Å². The lowest BCUT2D eigenvalue weighted by atomic mass is 10.4. The first kappa shape index (κ1) is 10.3. The average Bonchev–Trinajstić information content (AvgIpc) is 2.74. The van der Waals surface area contributed by atoms with Crippen LogP contribution in [0.4, 0.5) is 5.69 Å². The molecule has 0 amide bonds. The van der Waals surface area contributed by atoms with Crippen LogP contribution in [0, 0.1) is 0 Å². The highest BCUT2D eigenvalue weighted by molar-refractivity contribution is 9.13. The van der Waals surface area contributed by atoms with Gasteiger partial charge in [0.15, 0.2) is 4.67 Å². The van der Waals surface area contributed by atoms with E-state index in [1.807, 2.05) is 17.5 Å². The summed E-state index contributed by atoms with van der Waals surface area (Å²) in [7, 11) is 0. The maximum absolute atomic E-state index is 5.42. The van der Waals surface area contributed by atoms with Crippen LogP contribution in [-0.2, 0) is 6.54 Å². The molecule has 5 heteroatoms. The SMILES string of the molecule is Brc1cc(CNc2ccsc2)oc1Br. The van der Waals surface area contributed by atoms with Crippen LogP contribution in [0.1, 0.15) is 5.76 Å². The van der Waals surface area contributed by atoms with Gasteiger partial charge in [0.1, 0.15) is 5.76 Å². The van der Waals surface area contributed by atoms with E-state index in [0.29, 0.717) is 6.54 Å². The molecule has 0 fully saturated rings. The van der Waals surface area contributed by atoms with Crippen LogP contribution in [0.25, 0.3) is 0 Å². The van der Waals surface area contributed by atoms with Gasteiger partial charge in [-0.1, -0.05) is 0 Å². The van der Waals surface area contributed by atoms with Gasteiger partial charge in [0.25, 0.3) is 0 Å². The molecule has 0 radical (unpaired) electrons. The smallest absolute Gasteiger partial charge is 0.183 e. The highest BCUT2D eigenvalue weighted by Crippen LogP contribution is 2.27. The first-order valence-corrected chi connectivity index (χ1v) is 6.48. The number of hydrogen-bond acceptors (Lipinski definition) is 3. The molecule has 2 aromatic rings. The monoisotopic (exact) mass is 335 g/mol. The molecule has 2 aromatic heterocycles. The summed E-state index contributed by atoms with van der Waals surface area (Å²) in [4.78, 5) is 0. The largest absolute Gasteiger partial charge is 0.451 e. The fraction of sp³-hybridized carbons (Fsp3) is 0.111. The van der Waals surface area contributed by atoms with Gasteiger partial charge in [-0.15, -0.1) is 0 Å². The molecular weight excluding hydrogens is 330 g/mol. The molecular formula is C9H7Br2NOS. The summed E-state index contributed by atoms with van der Waals surface area (Å²) in [6.45, 7) is 0.695. The Morgan fingerprint density at radius 2 is 2.29 bits per heavy atom. The van der Waals surface area contributed by atoms with Gasteiger partial charge in [0.2, 0.25) is 0 Å². The fourth-order valence-electron chi connectivity index (χ4n) is 1.03. The average molecular weight is 337 g/mol. The van der Waals surface area contributed by atoms with Gasteiger partial charge < -0.3 is 9.73 Å². The minimum Gasteiger partial charge on any atom is -0.451 e. The number of hydrogen-bond donors (Lipinski definition) is 1. The van der Waals surface area contributed by atoms with Crippen molar-refractivity contribution in [2.75, 3.05) is 5.32 Å². The Kier molecular flexibility index (Phi) is 3.30. The van der Waals surface area contributed by atoms with Gasteiger partial charge in [0, 0.05) is 11.1 Å². The van der Waals surface area contributed by atoms with E-state index in [-0.39, 0.29) is 0 Å². The number of furan rings is 1. The Morgan fingerprint density at radius 1 is 1.43 bits per heavy atom. The number of thiophene rings is 1. The molecule has 1 N–H and O–H groups in total. The summed E-state index contributed by atoms with van der Waals surface area (Å²) < 4.78 is 7.10. The third-order valence-electron chi connectivity index (χ3n) is 1.68. The maximum atomic E-state index is 5.42. The molecule has 0 unspecified atom stereocenters. The summed E-state index contributed by atoms with van der Waals surface area (Å²) in [5, 5.41) is 7.36. The molecule has 0 saturated heterocycles. The zero-order chi connectivity index (χ0) is 9.97. The zero-order valence-corrected chi connectivity index (χ0v) is 11.1. The molecule has 14 heavy (non-hydrogen) atoms. The van der Waals surface area contributed by atoms with E-state index in [4.69, 9.17) is 4.42 Å². The quantitative estimate of drug-likeness (QED) is 0.894. The molecule has 0 aliphatic carbocycles. The van der Waals surface area contributed by atoms with Crippen molar-refractivity contribution in [1.29, 1.82) is 0 Å². The molecule has 0 spiro atoms. The highest BCUT2D eigenvalue weighted by atomic mass is 79.9. The Morgan fingerprint density at radius 3 is 2.86 bits per heavy atom. The Bertz CT molecular complexity index is 391. The van der Waals surface area contributed by atoms with Crippen molar-refractivity contribution in [3.63, 3.8) is 0 Å². The number of anilines is 1. The minimum atomic E-state index is 0.695. The Labute approximate surface area is 103 Å². The van der Waals surface area contributed by atoms with E-state index < -0.39 is 0 Å². The summed E-state index contributed by atoms with van der Waals surface area (Å²) >= 11 is 8.34. The van der Waals surface area contributed by atoms with Crippen LogP contribution in [0.5, 0.6) is 0 Å². The van der Waals surface area contributed by atoms with Crippen molar-refractivity contribution >= 4 is 48.9 Å². The van der Waals surface area contributed by atoms with E-state index in [1.165, 1.54) is 0 Å². The van der Waals surface area contributed by atoms with Crippen molar-refractivity contribution in [3.8, 4) is 0 Å². The van der Waals surface area contributed by atoms with Gasteiger partial charge in [-0.3, -0.25) is 0 Å². The van der Waals surface area contributed by atoms with E-state index in [1.54, 1.807) is 11.3 Å². The van der Waals surface area contributed by atoms with Crippen LogP contribution >= 0.6 is 43.2 Å². The fourth-order valence-corrected chi connectivity index (χ4v) is 2.30. The molecule has 0 saturated carbocycles. The predicted octanol–water partition coefficient (Wildman–Crippen LogP) is 4.48. The van der Waals surface area contributed by atoms with Gasteiger partial charge >= 0.3 is 0 Å². The topological polar surface area (TPSA) is 25.2 Å². The van der Waals surface area contributed by atoms with Crippen molar-refractivity contribution in [3.05, 3.63) is 37.8 Å². The van der Waals surface area contributed by atoms with Crippen LogP contribution in [0.2, 0.25) is 0 Å². The van der Waals surface area contributed by atoms with Gasteiger partial charge in [-0.05, 0) is 49.4 Å². The van der Waals surface area contributed by atoms with Crippen molar-refractivity contribution < 1.29 is 4.42 Å². The zero-order valence-electron chi connectivity index (χ0n) is 7.09. The normalized spacial score (nSPS) is 10.4. The second-order valence-corrected chi connectivity index (χ2v) is 5.05. The third kappa shape index (κ3) is 2.40. The van der Waals surface area contributed by atoms with Gasteiger partial charge in [0.05, 0.1) is 11.0 Å². The van der Waals surface area contributed by atoms with Crippen LogP contribution in [0.15, 0.2) is 36.5 Å². The number of halogens is 2. The van der Waals surface area contributed by atoms with Crippen LogP contribution < -0.4 is 5.32 Å². The summed E-state index contributed by atoms with van der Waals surface area (Å²) in [6.07, 6.45) is 0. The summed E-state index contributed by atoms with van der Waals surface area (Å²) in [5.74, 6) is 0.898. The first-order chi connectivity index (χ1) is 6.75. The lowest BCUT2D eigenvalue weighted by Gasteiger charge is -1.99. The second-order valence-electron chi connectivity index (χ2n) is 2.70. The number of nitrogens with one attached hydrogen (secondary N) is 1. The standard InChI is InChI=1S/C9H7Br2NOS/c10-8-3-7(13-9(8)11)4-12-6-1-2-14-5-6/h1-3,5,12H,4H2. The van der Waals surface area contributed by atoms with Crippen molar-refractivity contribution in [1.82, 2.24) is 0 Å². The van der Waals surface area contributed by atoms with Crippen molar-refractivity contribution in [2.45, 2.75) is 6.54 Å². The molecule has 0 atom stereocenters. The maximum Gasteiger partial charge on any atom is 0.183 e. The molecule has 2 nitrogen and oxygen atoms in total. The molecule has 0 aliphatic rings. The third-order valence-corrected chi connectivity index (χ3v) is 4.08. The van der Waals surface area contributed by atoms with E-state index >= 15 is 0 Å². The molecule has 0 aliphatic heterocycles. The second kappa shape index (κ2) is 4.51. The Hall–Kier alpha value is -0.260. The predicted molar refractivity (Wildman–Crippen MR) is 65.8 cm³/mol. The minimum absolute atomic E-state index is 0.695. The van der Waals surface area contributed by atoms with Crippen molar-refractivity contribution in [2.24, 2.45) is 0 Å². The first-order valence-electron chi connectivity index (χ1n) is 3.95. The van der Waals surface area contributed by atoms with Crippen LogP contribution in [0.3, 0.4) is 0 Å². The summed E-state index contributed by atoms with van der Waals surface area (Å²) in [6, 6.07) is 3.99. The molecule has 0 bridgehead atoms. The molecule has 2 rings (SSSR count). The van der Waals surface area contributed by atoms with E-state index in [9.17, 15) is 0 Å². The number of rotatable bonds is 3. The van der Waals surface area contributed by atoms with Gasteiger partial charge in [-0.2, -0.15) is 11.3 Å². The lowest BCUT2D eigenvalue weighted by molar-refractivity contribution is 0.494. The molecule has 74 valence electrons. The molecule has 0 aromatic carbocycles. The summed E-state index contributed by atoms with van der Waals surface area (Å²) in [5.41, 5.74) is 1.12. The van der Waals surface area contributed by atoms with Crippen LogP contribution in [-0.4, -0.2) is 0 Å². The molecule has 2 heterocycles. The Balaban J connectivity index is 1.98.